The lowest BCUT2D eigenvalue weighted by Crippen LogP contribution is -2.64. The van der Waals surface area contributed by atoms with Crippen molar-refractivity contribution in [3.8, 4) is 0 Å². The molecule has 0 aliphatic heterocycles. The molecule has 0 radical (unpaired) electrons. The van der Waals surface area contributed by atoms with Crippen molar-refractivity contribution in [1.29, 1.82) is 0 Å². The molecule has 0 aromatic heterocycles. The molecule has 5 nitrogen and oxygen atoms in total. The maximum atomic E-state index is 13.0. The third kappa shape index (κ3) is 4.84. The second kappa shape index (κ2) is 10.2. The Kier molecular flexibility index (Phi) is 7.68. The normalized spacial score (nSPS) is 42.6. The Balaban J connectivity index is 1.42. The van der Waals surface area contributed by atoms with Gasteiger partial charge in [0.15, 0.2) is 0 Å². The second-order valence-corrected chi connectivity index (χ2v) is 17.0. The van der Waals surface area contributed by atoms with Gasteiger partial charge in [0, 0.05) is 30.1 Å². The first-order valence-electron chi connectivity index (χ1n) is 16.6. The van der Waals surface area contributed by atoms with E-state index in [2.05, 4.69) is 54.5 Å². The Labute approximate surface area is 248 Å². The minimum atomic E-state index is -0.810. The van der Waals surface area contributed by atoms with Crippen LogP contribution in [0.4, 0.5) is 0 Å². The highest BCUT2D eigenvalue weighted by Crippen LogP contribution is 2.75. The van der Waals surface area contributed by atoms with Crippen LogP contribution in [0, 0.1) is 50.2 Å². The average molecular weight is 569 g/mol. The summed E-state index contributed by atoms with van der Waals surface area (Å²) in [6.45, 7) is 17.5. The number of carboxylic acid groups (broad SMARTS) is 1. The van der Waals surface area contributed by atoms with Gasteiger partial charge in [-0.3, -0.25) is 14.4 Å². The monoisotopic (exact) mass is 568 g/mol. The highest BCUT2D eigenvalue weighted by molar-refractivity contribution is 5.85. The van der Waals surface area contributed by atoms with E-state index in [-0.39, 0.29) is 44.9 Å². The van der Waals surface area contributed by atoms with Gasteiger partial charge in [-0.05, 0) is 110 Å². The Morgan fingerprint density at radius 2 is 1.59 bits per heavy atom. The molecule has 230 valence electrons. The number of ketones is 1. The summed E-state index contributed by atoms with van der Waals surface area (Å²) in [4.78, 5) is 36.6. The van der Waals surface area contributed by atoms with Crippen molar-refractivity contribution in [3.63, 3.8) is 0 Å². The molecule has 41 heavy (non-hydrogen) atoms. The van der Waals surface area contributed by atoms with E-state index < -0.39 is 5.97 Å². The molecule has 1 unspecified atom stereocenters. The van der Waals surface area contributed by atoms with Crippen molar-refractivity contribution in [2.24, 2.45) is 50.2 Å². The predicted molar refractivity (Wildman–Crippen MR) is 161 cm³/mol. The molecular formula is C36H56O5. The lowest BCUT2D eigenvalue weighted by molar-refractivity contribution is -0.188. The van der Waals surface area contributed by atoms with Gasteiger partial charge in [0.05, 0.1) is 6.61 Å². The first-order valence-corrected chi connectivity index (χ1v) is 16.6. The molecule has 0 spiro atoms. The molecule has 7 atom stereocenters. The molecule has 1 N–H and O–H groups in total. The van der Waals surface area contributed by atoms with Crippen LogP contribution in [0.5, 0.6) is 0 Å². The first-order chi connectivity index (χ1) is 19.0. The van der Waals surface area contributed by atoms with E-state index in [4.69, 9.17) is 9.84 Å². The van der Waals surface area contributed by atoms with E-state index in [1.54, 1.807) is 5.57 Å². The minimum Gasteiger partial charge on any atom is -0.481 e. The number of hydrogen-bond acceptors (Lipinski definition) is 4. The fraction of sp³-hybridized carbons (Fsp3) is 0.861. The van der Waals surface area contributed by atoms with Gasteiger partial charge in [-0.15, -0.1) is 0 Å². The summed E-state index contributed by atoms with van der Waals surface area (Å²) in [6.07, 6.45) is 15.0. The molecule has 0 amide bonds. The summed E-state index contributed by atoms with van der Waals surface area (Å²) in [7, 11) is 0. The molecule has 0 aromatic carbocycles. The molecule has 0 bridgehead atoms. The van der Waals surface area contributed by atoms with Gasteiger partial charge < -0.3 is 9.84 Å². The van der Waals surface area contributed by atoms with E-state index in [1.165, 1.54) is 6.42 Å². The number of hydrogen-bond donors (Lipinski definition) is 1. The number of esters is 1. The van der Waals surface area contributed by atoms with Crippen molar-refractivity contribution >= 4 is 17.7 Å². The van der Waals surface area contributed by atoms with Gasteiger partial charge in [-0.2, -0.15) is 0 Å². The summed E-state index contributed by atoms with van der Waals surface area (Å²) in [5.74, 6) is 0.950. The number of ether oxygens (including phenoxy) is 1. The Bertz CT molecular complexity index is 1120. The van der Waals surface area contributed by atoms with E-state index in [0.717, 1.165) is 57.8 Å². The van der Waals surface area contributed by atoms with Crippen molar-refractivity contribution in [1.82, 2.24) is 0 Å². The van der Waals surface area contributed by atoms with Gasteiger partial charge in [0.25, 0.3) is 0 Å². The SMILES string of the molecule is CC1(C)CC[C@]2(COC(=O)CCCCC(=O)O)CC[C@]3(C)C(=CCC4[C@@]5(C)CCC(=O)C(C)(C)[C@@H]5CC[C@]43C)[C@@H]2C1. The summed E-state index contributed by atoms with van der Waals surface area (Å²) in [5.41, 5.74) is 2.20. The van der Waals surface area contributed by atoms with Crippen molar-refractivity contribution in [3.05, 3.63) is 11.6 Å². The summed E-state index contributed by atoms with van der Waals surface area (Å²) in [6, 6.07) is 0. The van der Waals surface area contributed by atoms with Gasteiger partial charge in [-0.25, -0.2) is 0 Å². The number of rotatable bonds is 7. The molecule has 5 aliphatic carbocycles. The molecular weight excluding hydrogens is 512 g/mol. The summed E-state index contributed by atoms with van der Waals surface area (Å²) < 4.78 is 6.04. The molecule has 4 saturated carbocycles. The number of allylic oxidation sites excluding steroid dienone is 2. The summed E-state index contributed by atoms with van der Waals surface area (Å²) in [5, 5.41) is 8.90. The van der Waals surface area contributed by atoms with Crippen LogP contribution in [0.15, 0.2) is 11.6 Å². The van der Waals surface area contributed by atoms with Crippen LogP contribution < -0.4 is 0 Å². The third-order valence-corrected chi connectivity index (χ3v) is 14.1. The maximum absolute atomic E-state index is 13.0. The molecule has 0 aromatic rings. The first kappa shape index (κ1) is 30.8. The lowest BCUT2D eigenvalue weighted by Gasteiger charge is -2.70. The van der Waals surface area contributed by atoms with Gasteiger partial charge in [0.2, 0.25) is 0 Å². The quantitative estimate of drug-likeness (QED) is 0.189. The van der Waals surface area contributed by atoms with Gasteiger partial charge in [-0.1, -0.05) is 60.1 Å². The number of Topliss-reactive ketones (excluding diaryl/α,β-unsaturated/α-hetero) is 1. The lowest BCUT2D eigenvalue weighted by atomic mass is 9.33. The fourth-order valence-corrected chi connectivity index (χ4v) is 11.3. The van der Waals surface area contributed by atoms with Gasteiger partial charge >= 0.3 is 11.9 Å². The maximum Gasteiger partial charge on any atom is 0.305 e. The molecule has 5 heteroatoms. The smallest absolute Gasteiger partial charge is 0.305 e. The number of carbonyl (C=O) groups excluding carboxylic acids is 2. The van der Waals surface area contributed by atoms with E-state index >= 15 is 0 Å². The van der Waals surface area contributed by atoms with Crippen LogP contribution in [-0.4, -0.2) is 29.4 Å². The minimum absolute atomic E-state index is 0.00113. The molecule has 4 fully saturated rings. The summed E-state index contributed by atoms with van der Waals surface area (Å²) >= 11 is 0. The molecule has 5 rings (SSSR count). The number of carboxylic acids is 1. The molecule has 0 heterocycles. The van der Waals surface area contributed by atoms with Gasteiger partial charge in [0.1, 0.15) is 5.78 Å². The van der Waals surface area contributed by atoms with Crippen LogP contribution in [0.1, 0.15) is 138 Å². The zero-order chi connectivity index (χ0) is 30.1. The number of aliphatic carboxylic acids is 1. The Morgan fingerprint density at radius 1 is 0.902 bits per heavy atom. The zero-order valence-corrected chi connectivity index (χ0v) is 27.0. The van der Waals surface area contributed by atoms with Crippen LogP contribution in [-0.2, 0) is 19.1 Å². The van der Waals surface area contributed by atoms with Crippen LogP contribution >= 0.6 is 0 Å². The Hall–Kier alpha value is -1.65. The van der Waals surface area contributed by atoms with Crippen LogP contribution in [0.25, 0.3) is 0 Å². The van der Waals surface area contributed by atoms with Crippen molar-refractivity contribution < 1.29 is 24.2 Å². The van der Waals surface area contributed by atoms with E-state index in [9.17, 15) is 14.4 Å². The van der Waals surface area contributed by atoms with E-state index in [0.29, 0.717) is 49.4 Å². The standard InChI is InChI=1S/C36H56O5/c1-31(2)18-20-36(23-41-30(40)11-9-8-10-29(38)39)21-19-34(6)24(25(36)22-31)12-13-27-33(5)16-15-28(37)32(3,4)26(33)14-17-35(27,34)7/h12,25-27H,8-11,13-23H2,1-7H3,(H,38,39)/t25-,26-,27?,33-,34+,35+,36+/m0/s1. The number of fused-ring (bicyclic) bond motifs is 7. The molecule has 5 aliphatic rings. The average Bonchev–Trinajstić information content (AvgIpc) is 2.88. The predicted octanol–water partition coefficient (Wildman–Crippen LogP) is 8.55. The van der Waals surface area contributed by atoms with Crippen molar-refractivity contribution in [2.45, 2.75) is 138 Å². The van der Waals surface area contributed by atoms with Crippen molar-refractivity contribution in [2.75, 3.05) is 6.61 Å². The van der Waals surface area contributed by atoms with Crippen LogP contribution in [0.3, 0.4) is 0 Å². The highest BCUT2D eigenvalue weighted by Gasteiger charge is 2.68. The second-order valence-electron chi connectivity index (χ2n) is 17.0. The van der Waals surface area contributed by atoms with E-state index in [1.807, 2.05) is 0 Å². The topological polar surface area (TPSA) is 80.7 Å². The van der Waals surface area contributed by atoms with Crippen LogP contribution in [0.2, 0.25) is 0 Å². The zero-order valence-electron chi connectivity index (χ0n) is 27.0. The fourth-order valence-electron chi connectivity index (χ4n) is 11.3. The largest absolute Gasteiger partial charge is 0.481 e. The molecule has 0 saturated heterocycles. The number of unbranched alkanes of at least 4 members (excludes halogenated alkanes) is 1. The highest BCUT2D eigenvalue weighted by atomic mass is 16.5. The Morgan fingerprint density at radius 3 is 2.29 bits per heavy atom. The third-order valence-electron chi connectivity index (χ3n) is 14.1. The number of carbonyl (C=O) groups is 3.